The van der Waals surface area contributed by atoms with Crippen LogP contribution in [0.25, 0.3) is 11.1 Å². The third kappa shape index (κ3) is 4.89. The molecular weight excluding hydrogens is 442 g/mol. The Bertz CT molecular complexity index is 1170. The smallest absolute Gasteiger partial charge is 0.411 e. The monoisotopic (exact) mass is 471 g/mol. The summed E-state index contributed by atoms with van der Waals surface area (Å²) in [7, 11) is -3.87. The van der Waals surface area contributed by atoms with Crippen LogP contribution in [0.5, 0.6) is 0 Å². The zero-order chi connectivity index (χ0) is 23.8. The molecule has 2 aromatic carbocycles. The van der Waals surface area contributed by atoms with Crippen LogP contribution in [0.1, 0.15) is 45.4 Å². The lowest BCUT2D eigenvalue weighted by Gasteiger charge is -2.41. The van der Waals surface area contributed by atoms with E-state index in [1.165, 1.54) is 23.5 Å². The van der Waals surface area contributed by atoms with Gasteiger partial charge >= 0.3 is 6.09 Å². The van der Waals surface area contributed by atoms with E-state index in [0.29, 0.717) is 34.8 Å². The summed E-state index contributed by atoms with van der Waals surface area (Å²) >= 11 is 0. The van der Waals surface area contributed by atoms with Crippen molar-refractivity contribution in [2.24, 2.45) is 11.1 Å². The molecule has 8 nitrogen and oxygen atoms in total. The first-order valence-corrected chi connectivity index (χ1v) is 12.8. The van der Waals surface area contributed by atoms with Crippen molar-refractivity contribution in [3.63, 3.8) is 0 Å². The molecule has 0 spiro atoms. The Labute approximate surface area is 194 Å². The highest BCUT2D eigenvalue weighted by Gasteiger charge is 2.35. The van der Waals surface area contributed by atoms with Gasteiger partial charge in [0.05, 0.1) is 22.3 Å². The number of amides is 2. The zero-order valence-corrected chi connectivity index (χ0v) is 19.4. The van der Waals surface area contributed by atoms with Crippen molar-refractivity contribution >= 4 is 33.4 Å². The van der Waals surface area contributed by atoms with Gasteiger partial charge < -0.3 is 10.0 Å². The molecule has 0 unspecified atom stereocenters. The molecule has 3 N–H and O–H groups in total. The number of primary sulfonamides is 1. The van der Waals surface area contributed by atoms with Crippen LogP contribution < -0.4 is 14.9 Å². The summed E-state index contributed by atoms with van der Waals surface area (Å²) in [6, 6.07) is 11.1. The Kier molecular flexibility index (Phi) is 6.45. The van der Waals surface area contributed by atoms with E-state index < -0.39 is 16.1 Å². The molecule has 0 radical (unpaired) electrons. The molecule has 2 aromatic rings. The van der Waals surface area contributed by atoms with Crippen molar-refractivity contribution in [1.82, 2.24) is 0 Å². The van der Waals surface area contributed by atoms with Crippen LogP contribution in [0.15, 0.2) is 47.4 Å². The minimum absolute atomic E-state index is 0.0182. The highest BCUT2D eigenvalue weighted by Crippen LogP contribution is 2.40. The maximum absolute atomic E-state index is 13.3. The second-order valence-corrected chi connectivity index (χ2v) is 10.6. The number of hydrogen-bond donors (Lipinski definition) is 2. The van der Waals surface area contributed by atoms with Gasteiger partial charge in [-0.05, 0) is 61.1 Å². The first-order chi connectivity index (χ1) is 15.6. The summed E-state index contributed by atoms with van der Waals surface area (Å²) in [5.74, 6) is 0.393. The molecular formula is C24H29N3O5S. The normalized spacial score (nSPS) is 19.3. The minimum atomic E-state index is -3.87. The van der Waals surface area contributed by atoms with Crippen LogP contribution in [0.2, 0.25) is 0 Å². The Morgan fingerprint density at radius 2 is 1.73 bits per heavy atom. The summed E-state index contributed by atoms with van der Waals surface area (Å²) < 4.78 is 23.5. The molecule has 1 heterocycles. The van der Waals surface area contributed by atoms with Gasteiger partial charge in [-0.2, -0.15) is 0 Å². The Balaban J connectivity index is 1.72. The number of sulfonamides is 1. The van der Waals surface area contributed by atoms with E-state index in [4.69, 9.17) is 5.14 Å². The standard InChI is InChI=1S/C24H29N3O5S/c1-16-15-26(24(29)30)22-14-19(18-8-5-9-20(13-18)33(25,31)32)10-11-21(22)27(16)23(28)12-17-6-3-2-4-7-17/h5,8-11,13-14,16-17H,2-4,6-7,12,15H2,1H3,(H,29,30)(H2,25,31,32)/t16-/m0/s1. The molecule has 9 heteroatoms. The summed E-state index contributed by atoms with van der Waals surface area (Å²) in [5.41, 5.74) is 2.20. The highest BCUT2D eigenvalue weighted by molar-refractivity contribution is 7.89. The largest absolute Gasteiger partial charge is 0.465 e. The number of benzene rings is 2. The molecule has 33 heavy (non-hydrogen) atoms. The van der Waals surface area contributed by atoms with E-state index in [1.807, 2.05) is 6.92 Å². The van der Waals surface area contributed by atoms with Gasteiger partial charge in [0.25, 0.3) is 0 Å². The van der Waals surface area contributed by atoms with Crippen LogP contribution in [-0.4, -0.2) is 38.1 Å². The molecule has 2 aliphatic rings. The van der Waals surface area contributed by atoms with Gasteiger partial charge in [-0.15, -0.1) is 0 Å². The predicted octanol–water partition coefficient (Wildman–Crippen LogP) is 4.19. The molecule has 2 amide bonds. The lowest BCUT2D eigenvalue weighted by Crippen LogP contribution is -2.52. The number of fused-ring (bicyclic) bond motifs is 1. The molecule has 0 saturated heterocycles. The van der Waals surface area contributed by atoms with Gasteiger partial charge in [0.1, 0.15) is 0 Å². The zero-order valence-electron chi connectivity index (χ0n) is 18.6. The Morgan fingerprint density at radius 1 is 1.03 bits per heavy atom. The van der Waals surface area contributed by atoms with Crippen LogP contribution in [0.3, 0.4) is 0 Å². The van der Waals surface area contributed by atoms with Crippen molar-refractivity contribution in [3.05, 3.63) is 42.5 Å². The number of nitrogens with two attached hydrogens (primary N) is 1. The third-order valence-electron chi connectivity index (χ3n) is 6.60. The maximum Gasteiger partial charge on any atom is 0.411 e. The van der Waals surface area contributed by atoms with E-state index in [-0.39, 0.29) is 23.4 Å². The van der Waals surface area contributed by atoms with Crippen molar-refractivity contribution < 1.29 is 23.1 Å². The lowest BCUT2D eigenvalue weighted by atomic mass is 9.86. The quantitative estimate of drug-likeness (QED) is 0.692. The van der Waals surface area contributed by atoms with Gasteiger partial charge in [-0.25, -0.2) is 18.4 Å². The van der Waals surface area contributed by atoms with Gasteiger partial charge in [0.2, 0.25) is 15.9 Å². The van der Waals surface area contributed by atoms with Gasteiger partial charge in [0.15, 0.2) is 0 Å². The van der Waals surface area contributed by atoms with Crippen molar-refractivity contribution in [2.45, 2.75) is 56.4 Å². The lowest BCUT2D eigenvalue weighted by molar-refractivity contribution is -0.120. The number of rotatable bonds is 4. The molecule has 1 saturated carbocycles. The number of nitrogens with zero attached hydrogens (tertiary/aromatic N) is 2. The first kappa shape index (κ1) is 23.3. The maximum atomic E-state index is 13.3. The third-order valence-corrected chi connectivity index (χ3v) is 7.51. The fourth-order valence-electron chi connectivity index (χ4n) is 4.96. The number of carboxylic acid groups (broad SMARTS) is 1. The summed E-state index contributed by atoms with van der Waals surface area (Å²) in [5, 5.41) is 15.1. The topological polar surface area (TPSA) is 121 Å². The average molecular weight is 472 g/mol. The SMILES string of the molecule is C[C@H]1CN(C(=O)O)c2cc(-c3cccc(S(N)(=O)=O)c3)ccc2N1C(=O)CC1CCCCC1. The van der Waals surface area contributed by atoms with E-state index in [0.717, 1.165) is 25.7 Å². The molecule has 1 aliphatic carbocycles. The van der Waals surface area contributed by atoms with Gasteiger partial charge in [0, 0.05) is 13.0 Å². The Hall–Kier alpha value is -2.91. The Morgan fingerprint density at radius 3 is 2.39 bits per heavy atom. The fraction of sp³-hybridized carbons (Fsp3) is 0.417. The van der Waals surface area contributed by atoms with E-state index in [1.54, 1.807) is 35.2 Å². The number of hydrogen-bond acceptors (Lipinski definition) is 4. The van der Waals surface area contributed by atoms with Gasteiger partial charge in [-0.1, -0.05) is 37.5 Å². The van der Waals surface area contributed by atoms with Crippen molar-refractivity contribution in [1.29, 1.82) is 0 Å². The van der Waals surface area contributed by atoms with E-state index in [2.05, 4.69) is 0 Å². The first-order valence-electron chi connectivity index (χ1n) is 11.2. The van der Waals surface area contributed by atoms with Gasteiger partial charge in [-0.3, -0.25) is 9.69 Å². The van der Waals surface area contributed by atoms with Crippen molar-refractivity contribution in [2.75, 3.05) is 16.3 Å². The van der Waals surface area contributed by atoms with Crippen LogP contribution in [0.4, 0.5) is 16.2 Å². The number of carbonyl (C=O) groups excluding carboxylic acids is 1. The van der Waals surface area contributed by atoms with E-state index >= 15 is 0 Å². The summed E-state index contributed by atoms with van der Waals surface area (Å²) in [6.45, 7) is 2.03. The number of anilines is 2. The summed E-state index contributed by atoms with van der Waals surface area (Å²) in [4.78, 5) is 28.3. The fourth-order valence-corrected chi connectivity index (χ4v) is 5.51. The van der Waals surface area contributed by atoms with E-state index in [9.17, 15) is 23.1 Å². The molecule has 4 rings (SSSR count). The highest BCUT2D eigenvalue weighted by atomic mass is 32.2. The van der Waals surface area contributed by atoms with Crippen molar-refractivity contribution in [3.8, 4) is 11.1 Å². The van der Waals surface area contributed by atoms with Crippen LogP contribution >= 0.6 is 0 Å². The second-order valence-electron chi connectivity index (χ2n) is 8.99. The number of carbonyl (C=O) groups is 2. The summed E-state index contributed by atoms with van der Waals surface area (Å²) in [6.07, 6.45) is 5.00. The average Bonchev–Trinajstić information content (AvgIpc) is 2.78. The molecule has 0 bridgehead atoms. The van der Waals surface area contributed by atoms with Crippen LogP contribution in [-0.2, 0) is 14.8 Å². The second kappa shape index (κ2) is 9.15. The minimum Gasteiger partial charge on any atom is -0.465 e. The predicted molar refractivity (Wildman–Crippen MR) is 127 cm³/mol. The molecule has 176 valence electrons. The molecule has 1 aliphatic heterocycles. The molecule has 1 fully saturated rings. The molecule has 0 aromatic heterocycles. The van der Waals surface area contributed by atoms with Crippen LogP contribution in [0, 0.1) is 5.92 Å². The molecule has 1 atom stereocenters.